The van der Waals surface area contributed by atoms with Crippen molar-refractivity contribution in [1.82, 2.24) is 4.98 Å². The van der Waals surface area contributed by atoms with Crippen LogP contribution in [0.2, 0.25) is 0 Å². The summed E-state index contributed by atoms with van der Waals surface area (Å²) in [5, 5.41) is 2.58. The van der Waals surface area contributed by atoms with Gasteiger partial charge in [0, 0.05) is 12.0 Å². The number of ketones is 1. The molecule has 1 heterocycles. The molecule has 1 amide bonds. The number of pyridine rings is 1. The van der Waals surface area contributed by atoms with E-state index in [4.69, 9.17) is 4.74 Å². The van der Waals surface area contributed by atoms with Gasteiger partial charge in [-0.25, -0.2) is 9.78 Å². The number of carbonyl (C=O) groups excluding carboxylic acids is 2. The molecule has 5 heteroatoms. The van der Waals surface area contributed by atoms with Gasteiger partial charge < -0.3 is 4.74 Å². The van der Waals surface area contributed by atoms with Crippen molar-refractivity contribution in [2.45, 2.75) is 45.6 Å². The van der Waals surface area contributed by atoms with Crippen molar-refractivity contribution in [2.24, 2.45) is 0 Å². The van der Waals surface area contributed by atoms with Crippen molar-refractivity contribution in [3.05, 3.63) is 23.4 Å². The Kier molecular flexibility index (Phi) is 3.55. The van der Waals surface area contributed by atoms with Crippen molar-refractivity contribution in [3.63, 3.8) is 0 Å². The van der Waals surface area contributed by atoms with Crippen molar-refractivity contribution in [1.29, 1.82) is 0 Å². The summed E-state index contributed by atoms with van der Waals surface area (Å²) >= 11 is 0. The second kappa shape index (κ2) is 4.99. The molecule has 0 fully saturated rings. The Hall–Kier alpha value is -1.91. The number of amides is 1. The van der Waals surface area contributed by atoms with E-state index in [2.05, 4.69) is 10.3 Å². The number of fused-ring (bicyclic) bond motifs is 1. The second-order valence-corrected chi connectivity index (χ2v) is 5.59. The van der Waals surface area contributed by atoms with E-state index in [-0.39, 0.29) is 5.78 Å². The van der Waals surface area contributed by atoms with Gasteiger partial charge in [-0.1, -0.05) is 0 Å². The van der Waals surface area contributed by atoms with Crippen LogP contribution in [0.25, 0.3) is 0 Å². The topological polar surface area (TPSA) is 68.3 Å². The highest BCUT2D eigenvalue weighted by molar-refractivity contribution is 5.98. The zero-order valence-corrected chi connectivity index (χ0v) is 11.4. The first-order chi connectivity index (χ1) is 8.85. The molecule has 102 valence electrons. The third-order valence-corrected chi connectivity index (χ3v) is 2.72. The van der Waals surface area contributed by atoms with Crippen molar-refractivity contribution >= 4 is 17.7 Å². The molecule has 0 bridgehead atoms. The van der Waals surface area contributed by atoms with Crippen molar-refractivity contribution in [3.8, 4) is 0 Å². The average Bonchev–Trinajstić information content (AvgIpc) is 2.26. The second-order valence-electron chi connectivity index (χ2n) is 5.59. The van der Waals surface area contributed by atoms with Gasteiger partial charge in [0.05, 0.1) is 5.69 Å². The van der Waals surface area contributed by atoms with Crippen molar-refractivity contribution < 1.29 is 14.3 Å². The standard InChI is InChI=1S/C14H18N2O3/c1-14(2,3)19-13(18)16-12-8-7-9-10(15-12)5-4-6-11(9)17/h7-8H,4-6H2,1-3H3,(H,15,16,18). The van der Waals surface area contributed by atoms with Crippen LogP contribution in [0.5, 0.6) is 0 Å². The molecule has 0 atom stereocenters. The van der Waals surface area contributed by atoms with Crippen LogP contribution in [-0.4, -0.2) is 22.5 Å². The predicted molar refractivity (Wildman–Crippen MR) is 71.4 cm³/mol. The Morgan fingerprint density at radius 2 is 2.05 bits per heavy atom. The maximum atomic E-state index is 11.7. The van der Waals surface area contributed by atoms with Gasteiger partial charge >= 0.3 is 6.09 Å². The lowest BCUT2D eigenvalue weighted by molar-refractivity contribution is 0.0635. The Morgan fingerprint density at radius 3 is 2.74 bits per heavy atom. The van der Waals surface area contributed by atoms with Gasteiger partial charge in [0.25, 0.3) is 0 Å². The van der Waals surface area contributed by atoms with Crippen LogP contribution in [0.4, 0.5) is 10.6 Å². The van der Waals surface area contributed by atoms with E-state index in [0.717, 1.165) is 18.5 Å². The summed E-state index contributed by atoms with van der Waals surface area (Å²) in [4.78, 5) is 27.6. The van der Waals surface area contributed by atoms with Crippen molar-refractivity contribution in [2.75, 3.05) is 5.32 Å². The minimum Gasteiger partial charge on any atom is -0.444 e. The molecule has 2 rings (SSSR count). The fraction of sp³-hybridized carbons (Fsp3) is 0.500. The average molecular weight is 262 g/mol. The first-order valence-electron chi connectivity index (χ1n) is 6.38. The van der Waals surface area contributed by atoms with E-state index in [0.29, 0.717) is 17.8 Å². The number of anilines is 1. The van der Waals surface area contributed by atoms with E-state index in [9.17, 15) is 9.59 Å². The number of carbonyl (C=O) groups is 2. The molecule has 0 spiro atoms. The number of hydrogen-bond donors (Lipinski definition) is 1. The van der Waals surface area contributed by atoms with Crippen LogP contribution in [0.15, 0.2) is 12.1 Å². The molecular weight excluding hydrogens is 244 g/mol. The van der Waals surface area contributed by atoms with Gasteiger partial charge in [-0.2, -0.15) is 0 Å². The van der Waals surface area contributed by atoms with Gasteiger partial charge in [-0.05, 0) is 45.7 Å². The van der Waals surface area contributed by atoms with Crippen LogP contribution in [0, 0.1) is 0 Å². The van der Waals surface area contributed by atoms with Gasteiger partial charge in [0.15, 0.2) is 5.78 Å². The summed E-state index contributed by atoms with van der Waals surface area (Å²) in [6.07, 6.45) is 1.62. The van der Waals surface area contributed by atoms with Crippen LogP contribution in [0.1, 0.15) is 49.7 Å². The Labute approximate surface area is 112 Å². The van der Waals surface area contributed by atoms with Gasteiger partial charge in [-0.15, -0.1) is 0 Å². The molecule has 0 aromatic carbocycles. The van der Waals surface area contributed by atoms with E-state index in [1.165, 1.54) is 0 Å². The number of aryl methyl sites for hydroxylation is 1. The van der Waals surface area contributed by atoms with E-state index in [1.54, 1.807) is 32.9 Å². The molecule has 0 aliphatic heterocycles. The molecule has 1 aromatic rings. The Bertz CT molecular complexity index is 518. The SMILES string of the molecule is CC(C)(C)OC(=O)Nc1ccc2c(n1)CCCC2=O. The molecule has 1 N–H and O–H groups in total. The molecule has 1 aliphatic carbocycles. The lowest BCUT2D eigenvalue weighted by Crippen LogP contribution is -2.27. The fourth-order valence-electron chi connectivity index (χ4n) is 1.97. The molecule has 0 saturated carbocycles. The third kappa shape index (κ3) is 3.53. The van der Waals surface area contributed by atoms with E-state index in [1.807, 2.05) is 0 Å². The Balaban J connectivity index is 2.10. The van der Waals surface area contributed by atoms with Crippen LogP contribution in [-0.2, 0) is 11.2 Å². The third-order valence-electron chi connectivity index (χ3n) is 2.72. The highest BCUT2D eigenvalue weighted by Crippen LogP contribution is 2.21. The summed E-state index contributed by atoms with van der Waals surface area (Å²) in [7, 11) is 0. The zero-order valence-electron chi connectivity index (χ0n) is 11.4. The Morgan fingerprint density at radius 1 is 1.32 bits per heavy atom. The van der Waals surface area contributed by atoms with Gasteiger partial charge in [0.1, 0.15) is 11.4 Å². The molecule has 1 aromatic heterocycles. The first kappa shape index (κ1) is 13.5. The highest BCUT2D eigenvalue weighted by Gasteiger charge is 2.20. The smallest absolute Gasteiger partial charge is 0.413 e. The molecule has 1 aliphatic rings. The van der Waals surface area contributed by atoms with Crippen LogP contribution < -0.4 is 5.32 Å². The number of nitrogens with one attached hydrogen (secondary N) is 1. The number of aromatic nitrogens is 1. The highest BCUT2D eigenvalue weighted by atomic mass is 16.6. The fourth-order valence-corrected chi connectivity index (χ4v) is 1.97. The normalized spacial score (nSPS) is 14.8. The van der Waals surface area contributed by atoms with E-state index < -0.39 is 11.7 Å². The molecule has 0 unspecified atom stereocenters. The maximum absolute atomic E-state index is 11.7. The molecule has 0 saturated heterocycles. The summed E-state index contributed by atoms with van der Waals surface area (Å²) in [6.45, 7) is 5.39. The monoisotopic (exact) mass is 262 g/mol. The minimum atomic E-state index is -0.547. The van der Waals surface area contributed by atoms with Crippen LogP contribution >= 0.6 is 0 Å². The molecule has 19 heavy (non-hydrogen) atoms. The predicted octanol–water partition coefficient (Wildman–Crippen LogP) is 2.95. The number of nitrogens with zero attached hydrogens (tertiary/aromatic N) is 1. The summed E-state index contributed by atoms with van der Waals surface area (Å²) in [6, 6.07) is 3.35. The number of ether oxygens (including phenoxy) is 1. The van der Waals surface area contributed by atoms with Crippen LogP contribution in [0.3, 0.4) is 0 Å². The maximum Gasteiger partial charge on any atom is 0.413 e. The lowest BCUT2D eigenvalue weighted by Gasteiger charge is -2.20. The minimum absolute atomic E-state index is 0.123. The number of rotatable bonds is 1. The van der Waals surface area contributed by atoms with Gasteiger partial charge in [-0.3, -0.25) is 10.1 Å². The summed E-state index contributed by atoms with van der Waals surface area (Å²) in [5.74, 6) is 0.542. The molecule has 5 nitrogen and oxygen atoms in total. The quantitative estimate of drug-likeness (QED) is 0.844. The summed E-state index contributed by atoms with van der Waals surface area (Å²) in [5.41, 5.74) is 0.875. The summed E-state index contributed by atoms with van der Waals surface area (Å²) < 4.78 is 5.15. The van der Waals surface area contributed by atoms with E-state index >= 15 is 0 Å². The first-order valence-corrected chi connectivity index (χ1v) is 6.38. The van der Waals surface area contributed by atoms with Gasteiger partial charge in [0.2, 0.25) is 0 Å². The molecule has 0 radical (unpaired) electrons. The number of Topliss-reactive ketones (excluding diaryl/α,β-unsaturated/α-hetero) is 1. The number of hydrogen-bond acceptors (Lipinski definition) is 4. The largest absolute Gasteiger partial charge is 0.444 e. The molecular formula is C14H18N2O3. The zero-order chi connectivity index (χ0) is 14.0. The lowest BCUT2D eigenvalue weighted by atomic mass is 9.95.